The Kier molecular flexibility index (Phi) is 9.62. The lowest BCUT2D eigenvalue weighted by atomic mass is 9.75. The monoisotopic (exact) mass is 382 g/mol. The van der Waals surface area contributed by atoms with Crippen LogP contribution in [0.15, 0.2) is 5.38 Å². The Morgan fingerprint density at radius 1 is 1.52 bits per heavy atom. The van der Waals surface area contributed by atoms with Gasteiger partial charge in [-0.2, -0.15) is 0 Å². The smallest absolute Gasteiger partial charge is 0.270 e. The summed E-state index contributed by atoms with van der Waals surface area (Å²) in [5, 5.41) is 5.65. The van der Waals surface area contributed by atoms with E-state index < -0.39 is 0 Å². The first kappa shape index (κ1) is 22.6. The van der Waals surface area contributed by atoms with E-state index in [0.717, 1.165) is 17.8 Å². The van der Waals surface area contributed by atoms with Crippen LogP contribution in [0.1, 0.15) is 48.1 Å². The highest BCUT2D eigenvalue weighted by molar-refractivity contribution is 7.09. The molecule has 1 aliphatic carbocycles. The number of carbonyl (C=O) groups is 1. The van der Waals surface area contributed by atoms with Crippen LogP contribution in [0.3, 0.4) is 0 Å². The van der Waals surface area contributed by atoms with Gasteiger partial charge < -0.3 is 16.0 Å². The number of rotatable bonds is 5. The average molecular weight is 383 g/mol. The van der Waals surface area contributed by atoms with Crippen LogP contribution in [-0.4, -0.2) is 42.0 Å². The first-order valence-electron chi connectivity index (χ1n) is 7.57. The molecule has 0 aromatic carbocycles. The van der Waals surface area contributed by atoms with E-state index in [-0.39, 0.29) is 36.3 Å². The molecule has 0 spiro atoms. The summed E-state index contributed by atoms with van der Waals surface area (Å²) in [5.41, 5.74) is 6.09. The Morgan fingerprint density at radius 2 is 2.22 bits per heavy atom. The van der Waals surface area contributed by atoms with Crippen LogP contribution in [0.2, 0.25) is 0 Å². The van der Waals surface area contributed by atoms with Gasteiger partial charge in [0.25, 0.3) is 5.91 Å². The molecule has 1 aromatic rings. The Bertz CT molecular complexity index is 498. The Balaban J connectivity index is 0.00000242. The van der Waals surface area contributed by atoms with E-state index >= 15 is 0 Å². The van der Waals surface area contributed by atoms with Gasteiger partial charge in [-0.1, -0.05) is 19.8 Å². The van der Waals surface area contributed by atoms with Crippen LogP contribution in [-0.2, 0) is 6.54 Å². The van der Waals surface area contributed by atoms with Gasteiger partial charge in [0.2, 0.25) is 0 Å². The predicted molar refractivity (Wildman–Crippen MR) is 101 cm³/mol. The molecule has 23 heavy (non-hydrogen) atoms. The minimum atomic E-state index is -0.0922. The van der Waals surface area contributed by atoms with E-state index in [1.165, 1.54) is 24.2 Å². The largest absolute Gasteiger partial charge is 0.349 e. The molecule has 134 valence electrons. The number of halogens is 2. The van der Waals surface area contributed by atoms with Crippen LogP contribution >= 0.6 is 36.2 Å². The molecule has 8 heteroatoms. The highest BCUT2D eigenvalue weighted by Crippen LogP contribution is 2.35. The molecule has 2 rings (SSSR count). The maximum atomic E-state index is 12.2. The van der Waals surface area contributed by atoms with E-state index in [1.54, 1.807) is 5.38 Å². The number of nitrogens with one attached hydrogen (secondary N) is 1. The van der Waals surface area contributed by atoms with Crippen molar-refractivity contribution >= 4 is 42.1 Å². The van der Waals surface area contributed by atoms with Gasteiger partial charge in [-0.25, -0.2) is 4.98 Å². The van der Waals surface area contributed by atoms with Crippen molar-refractivity contribution in [2.24, 2.45) is 11.7 Å². The van der Waals surface area contributed by atoms with E-state index in [4.69, 9.17) is 5.73 Å². The van der Waals surface area contributed by atoms with Crippen molar-refractivity contribution in [1.82, 2.24) is 15.2 Å². The summed E-state index contributed by atoms with van der Waals surface area (Å²) in [7, 11) is 4.22. The fraction of sp³-hybridized carbons (Fsp3) is 0.733. The topological polar surface area (TPSA) is 71.2 Å². The molecule has 1 aromatic heterocycles. The van der Waals surface area contributed by atoms with Gasteiger partial charge in [0, 0.05) is 24.0 Å². The fourth-order valence-electron chi connectivity index (χ4n) is 3.20. The molecule has 1 amide bonds. The highest BCUT2D eigenvalue weighted by Gasteiger charge is 2.37. The Labute approximate surface area is 155 Å². The summed E-state index contributed by atoms with van der Waals surface area (Å²) in [6, 6.07) is 0. The molecule has 1 fully saturated rings. The zero-order valence-corrected chi connectivity index (χ0v) is 16.5. The quantitative estimate of drug-likeness (QED) is 0.820. The van der Waals surface area contributed by atoms with Crippen molar-refractivity contribution in [2.45, 2.75) is 44.7 Å². The second kappa shape index (κ2) is 9.79. The molecular formula is C15H28Cl2N4OS. The molecule has 0 radical (unpaired) electrons. The van der Waals surface area contributed by atoms with Crippen LogP contribution < -0.4 is 11.1 Å². The summed E-state index contributed by atoms with van der Waals surface area (Å²) in [5.74, 6) is 0.617. The van der Waals surface area contributed by atoms with Crippen LogP contribution in [0.4, 0.5) is 0 Å². The van der Waals surface area contributed by atoms with Crippen molar-refractivity contribution < 1.29 is 4.79 Å². The Hall–Kier alpha value is -0.400. The molecule has 1 saturated carbocycles. The van der Waals surface area contributed by atoms with Crippen LogP contribution in [0, 0.1) is 5.92 Å². The van der Waals surface area contributed by atoms with Crippen LogP contribution in [0.25, 0.3) is 0 Å². The number of nitrogens with zero attached hydrogens (tertiary/aromatic N) is 2. The third kappa shape index (κ3) is 5.57. The van der Waals surface area contributed by atoms with E-state index in [9.17, 15) is 4.79 Å². The van der Waals surface area contributed by atoms with Crippen molar-refractivity contribution in [3.8, 4) is 0 Å². The number of nitrogens with two attached hydrogens (primary N) is 1. The van der Waals surface area contributed by atoms with Crippen molar-refractivity contribution in [1.29, 1.82) is 0 Å². The first-order chi connectivity index (χ1) is 9.97. The second-order valence-corrected chi connectivity index (χ2v) is 7.28. The summed E-state index contributed by atoms with van der Waals surface area (Å²) in [4.78, 5) is 18.8. The minimum Gasteiger partial charge on any atom is -0.349 e. The molecule has 1 heterocycles. The lowest BCUT2D eigenvalue weighted by Gasteiger charge is -2.45. The number of thiazole rings is 1. The Morgan fingerprint density at radius 3 is 2.74 bits per heavy atom. The van der Waals surface area contributed by atoms with Gasteiger partial charge in [0.1, 0.15) is 10.7 Å². The van der Waals surface area contributed by atoms with E-state index in [2.05, 4.69) is 36.2 Å². The van der Waals surface area contributed by atoms with Gasteiger partial charge in [-0.05, 0) is 32.9 Å². The average Bonchev–Trinajstić information content (AvgIpc) is 2.93. The molecule has 2 unspecified atom stereocenters. The van der Waals surface area contributed by atoms with Crippen molar-refractivity contribution in [3.63, 3.8) is 0 Å². The number of amides is 1. The predicted octanol–water partition coefficient (Wildman–Crippen LogP) is 2.69. The number of hydrogen-bond acceptors (Lipinski definition) is 5. The summed E-state index contributed by atoms with van der Waals surface area (Å²) >= 11 is 1.44. The molecule has 2 atom stereocenters. The van der Waals surface area contributed by atoms with E-state index in [0.29, 0.717) is 24.7 Å². The normalized spacial score (nSPS) is 23.8. The highest BCUT2D eigenvalue weighted by atomic mass is 35.5. The first-order valence-corrected chi connectivity index (χ1v) is 8.45. The standard InChI is InChI=1S/C15H26N4OS.2ClH/c1-11-5-4-6-15(7-11,19(2)3)10-17-14(20)12-9-21-13(8-16)18-12;;/h9,11H,4-8,10,16H2,1-3H3,(H,17,20);2*1H. The molecule has 0 bridgehead atoms. The SMILES string of the molecule is CC1CCCC(CNC(=O)c2csc(CN)n2)(N(C)C)C1.Cl.Cl. The van der Waals surface area contributed by atoms with Gasteiger partial charge >= 0.3 is 0 Å². The van der Waals surface area contributed by atoms with Crippen molar-refractivity contribution in [3.05, 3.63) is 16.1 Å². The number of aromatic nitrogens is 1. The molecular weight excluding hydrogens is 355 g/mol. The van der Waals surface area contributed by atoms with Crippen molar-refractivity contribution in [2.75, 3.05) is 20.6 Å². The van der Waals surface area contributed by atoms with E-state index in [1.807, 2.05) is 0 Å². The maximum Gasteiger partial charge on any atom is 0.270 e. The molecule has 1 aliphatic rings. The summed E-state index contributed by atoms with van der Waals surface area (Å²) in [6.45, 7) is 3.36. The van der Waals surface area contributed by atoms with Crippen LogP contribution in [0.5, 0.6) is 0 Å². The molecule has 3 N–H and O–H groups in total. The molecule has 0 aliphatic heterocycles. The minimum absolute atomic E-state index is 0. The number of carbonyl (C=O) groups excluding carboxylic acids is 1. The third-order valence-corrected chi connectivity index (χ3v) is 5.42. The van der Waals surface area contributed by atoms with Gasteiger partial charge in [0.05, 0.1) is 0 Å². The van der Waals surface area contributed by atoms with Gasteiger partial charge in [-0.15, -0.1) is 36.2 Å². The number of likely N-dealkylation sites (N-methyl/N-ethyl adjacent to an activating group) is 1. The zero-order valence-electron chi connectivity index (χ0n) is 14.0. The molecule has 0 saturated heterocycles. The molecule has 5 nitrogen and oxygen atoms in total. The zero-order chi connectivity index (χ0) is 15.5. The van der Waals surface area contributed by atoms with Gasteiger partial charge in [0.15, 0.2) is 0 Å². The third-order valence-electron chi connectivity index (χ3n) is 4.55. The maximum absolute atomic E-state index is 12.2. The summed E-state index contributed by atoms with van der Waals surface area (Å²) in [6.07, 6.45) is 4.78. The summed E-state index contributed by atoms with van der Waals surface area (Å²) < 4.78 is 0. The number of hydrogen-bond donors (Lipinski definition) is 2. The lowest BCUT2D eigenvalue weighted by molar-refractivity contribution is 0.0673. The fourth-order valence-corrected chi connectivity index (χ4v) is 3.86. The van der Waals surface area contributed by atoms with Gasteiger partial charge in [-0.3, -0.25) is 4.79 Å². The lowest BCUT2D eigenvalue weighted by Crippen LogP contribution is -2.55. The second-order valence-electron chi connectivity index (χ2n) is 6.33.